The zero-order valence-electron chi connectivity index (χ0n) is 12.3. The molecule has 0 aliphatic heterocycles. The van der Waals surface area contributed by atoms with Crippen LogP contribution in [0.5, 0.6) is 5.75 Å². The summed E-state index contributed by atoms with van der Waals surface area (Å²) in [5.74, 6) is 0.864. The molecular formula is C18H19NOS. The Labute approximate surface area is 130 Å². The largest absolute Gasteiger partial charge is 0.497 e. The standard InChI is InChI=1S/C18H19NOS/c1-14(21-18-7-5-4-6-17(18)19-2)8-9-15-10-12-16(20-3)13-11-15/h4-13,19H,1H2,2-3H3/b9-8+. The molecule has 0 aliphatic carbocycles. The van der Waals surface area contributed by atoms with Gasteiger partial charge in [0, 0.05) is 22.5 Å². The van der Waals surface area contributed by atoms with E-state index in [-0.39, 0.29) is 0 Å². The van der Waals surface area contributed by atoms with Crippen molar-refractivity contribution in [2.75, 3.05) is 19.5 Å². The van der Waals surface area contributed by atoms with E-state index in [1.165, 1.54) is 4.90 Å². The minimum absolute atomic E-state index is 0.864. The van der Waals surface area contributed by atoms with Gasteiger partial charge < -0.3 is 10.1 Å². The highest BCUT2D eigenvalue weighted by atomic mass is 32.2. The van der Waals surface area contributed by atoms with E-state index in [9.17, 15) is 0 Å². The van der Waals surface area contributed by atoms with Crippen LogP contribution in [0.2, 0.25) is 0 Å². The molecule has 2 nitrogen and oxygen atoms in total. The van der Waals surface area contributed by atoms with Crippen LogP contribution in [0.4, 0.5) is 5.69 Å². The third kappa shape index (κ3) is 4.43. The molecule has 0 fully saturated rings. The predicted octanol–water partition coefficient (Wildman–Crippen LogP) is 5.06. The molecule has 0 atom stereocenters. The molecule has 0 bridgehead atoms. The van der Waals surface area contributed by atoms with Crippen molar-refractivity contribution in [1.82, 2.24) is 0 Å². The Balaban J connectivity index is 2.02. The summed E-state index contributed by atoms with van der Waals surface area (Å²) in [6.07, 6.45) is 4.08. The van der Waals surface area contributed by atoms with E-state index in [4.69, 9.17) is 4.74 Å². The van der Waals surface area contributed by atoms with E-state index in [1.807, 2.05) is 49.5 Å². The van der Waals surface area contributed by atoms with Crippen molar-refractivity contribution in [3.63, 3.8) is 0 Å². The average Bonchev–Trinajstić information content (AvgIpc) is 2.54. The van der Waals surface area contributed by atoms with Crippen molar-refractivity contribution >= 4 is 23.5 Å². The van der Waals surface area contributed by atoms with Crippen molar-refractivity contribution in [2.24, 2.45) is 0 Å². The molecule has 0 aromatic heterocycles. The molecule has 0 unspecified atom stereocenters. The molecule has 0 radical (unpaired) electrons. The minimum atomic E-state index is 0.864. The maximum atomic E-state index is 5.15. The maximum absolute atomic E-state index is 5.15. The summed E-state index contributed by atoms with van der Waals surface area (Å²) in [6, 6.07) is 16.1. The van der Waals surface area contributed by atoms with Crippen LogP contribution in [0.25, 0.3) is 6.08 Å². The van der Waals surface area contributed by atoms with E-state index >= 15 is 0 Å². The Bertz CT molecular complexity index is 632. The number of ether oxygens (including phenoxy) is 1. The van der Waals surface area contributed by atoms with Crippen molar-refractivity contribution < 1.29 is 4.74 Å². The molecule has 3 heteroatoms. The summed E-state index contributed by atoms with van der Waals surface area (Å²) in [5.41, 5.74) is 2.24. The SMILES string of the molecule is C=C(/C=C/c1ccc(OC)cc1)Sc1ccccc1NC. The molecule has 2 aromatic carbocycles. The summed E-state index contributed by atoms with van der Waals surface area (Å²) in [4.78, 5) is 2.16. The molecule has 0 spiro atoms. The minimum Gasteiger partial charge on any atom is -0.497 e. The van der Waals surface area contributed by atoms with Crippen LogP contribution in [0.3, 0.4) is 0 Å². The van der Waals surface area contributed by atoms with E-state index in [0.717, 1.165) is 21.9 Å². The number of hydrogen-bond acceptors (Lipinski definition) is 3. The van der Waals surface area contributed by atoms with E-state index in [2.05, 4.69) is 30.1 Å². The molecule has 0 heterocycles. The highest BCUT2D eigenvalue weighted by molar-refractivity contribution is 8.03. The zero-order chi connectivity index (χ0) is 15.1. The highest BCUT2D eigenvalue weighted by Crippen LogP contribution is 2.32. The van der Waals surface area contributed by atoms with Gasteiger partial charge in [-0.05, 0) is 35.9 Å². The summed E-state index contributed by atoms with van der Waals surface area (Å²) < 4.78 is 5.15. The van der Waals surface area contributed by atoms with Crippen LogP contribution < -0.4 is 10.1 Å². The van der Waals surface area contributed by atoms with Crippen LogP contribution in [-0.2, 0) is 0 Å². The topological polar surface area (TPSA) is 21.3 Å². The Hall–Kier alpha value is -2.13. The van der Waals surface area contributed by atoms with Crippen molar-refractivity contribution in [2.45, 2.75) is 4.90 Å². The Kier molecular flexibility index (Phi) is 5.52. The second kappa shape index (κ2) is 7.60. The van der Waals surface area contributed by atoms with E-state index in [1.54, 1.807) is 18.9 Å². The van der Waals surface area contributed by atoms with Crippen LogP contribution in [-0.4, -0.2) is 14.2 Å². The van der Waals surface area contributed by atoms with Gasteiger partial charge in [-0.2, -0.15) is 0 Å². The van der Waals surface area contributed by atoms with Crippen LogP contribution in [0, 0.1) is 0 Å². The summed E-state index contributed by atoms with van der Waals surface area (Å²) in [5, 5.41) is 3.19. The fourth-order valence-corrected chi connectivity index (χ4v) is 2.69. The first-order chi connectivity index (χ1) is 10.2. The summed E-state index contributed by atoms with van der Waals surface area (Å²) >= 11 is 1.65. The van der Waals surface area contributed by atoms with Gasteiger partial charge in [-0.3, -0.25) is 0 Å². The smallest absolute Gasteiger partial charge is 0.118 e. The Morgan fingerprint density at radius 2 is 1.86 bits per heavy atom. The lowest BCUT2D eigenvalue weighted by Crippen LogP contribution is -1.89. The van der Waals surface area contributed by atoms with E-state index < -0.39 is 0 Å². The molecule has 2 rings (SSSR count). The summed E-state index contributed by atoms with van der Waals surface area (Å²) in [7, 11) is 3.60. The number of nitrogens with one attached hydrogen (secondary N) is 1. The number of methoxy groups -OCH3 is 1. The number of thioether (sulfide) groups is 1. The van der Waals surface area contributed by atoms with Gasteiger partial charge in [-0.15, -0.1) is 0 Å². The average molecular weight is 297 g/mol. The number of benzene rings is 2. The number of para-hydroxylation sites is 1. The lowest BCUT2D eigenvalue weighted by molar-refractivity contribution is 0.415. The van der Waals surface area contributed by atoms with Crippen molar-refractivity contribution in [1.29, 1.82) is 0 Å². The first-order valence-electron chi connectivity index (χ1n) is 6.68. The summed E-state index contributed by atoms with van der Waals surface area (Å²) in [6.45, 7) is 4.10. The Morgan fingerprint density at radius 3 is 2.52 bits per heavy atom. The van der Waals surface area contributed by atoms with Crippen LogP contribution >= 0.6 is 11.8 Å². The zero-order valence-corrected chi connectivity index (χ0v) is 13.1. The van der Waals surface area contributed by atoms with Gasteiger partial charge in [0.05, 0.1) is 7.11 Å². The van der Waals surface area contributed by atoms with Crippen LogP contribution in [0.15, 0.2) is 71.0 Å². The van der Waals surface area contributed by atoms with Gasteiger partial charge in [0.1, 0.15) is 5.75 Å². The van der Waals surface area contributed by atoms with Gasteiger partial charge in [0.25, 0.3) is 0 Å². The first kappa shape index (κ1) is 15.3. The number of rotatable bonds is 6. The maximum Gasteiger partial charge on any atom is 0.118 e. The second-order valence-electron chi connectivity index (χ2n) is 4.42. The normalized spacial score (nSPS) is 10.6. The lowest BCUT2D eigenvalue weighted by atomic mass is 10.2. The van der Waals surface area contributed by atoms with Crippen molar-refractivity contribution in [3.05, 3.63) is 71.7 Å². The van der Waals surface area contributed by atoms with Gasteiger partial charge in [0.15, 0.2) is 0 Å². The molecular weight excluding hydrogens is 278 g/mol. The van der Waals surface area contributed by atoms with Gasteiger partial charge in [-0.25, -0.2) is 0 Å². The van der Waals surface area contributed by atoms with Crippen molar-refractivity contribution in [3.8, 4) is 5.75 Å². The Morgan fingerprint density at radius 1 is 1.14 bits per heavy atom. The molecule has 2 aromatic rings. The number of allylic oxidation sites excluding steroid dienone is 1. The fourth-order valence-electron chi connectivity index (χ4n) is 1.84. The highest BCUT2D eigenvalue weighted by Gasteiger charge is 2.01. The van der Waals surface area contributed by atoms with E-state index in [0.29, 0.717) is 0 Å². The fraction of sp³-hybridized carbons (Fsp3) is 0.111. The first-order valence-corrected chi connectivity index (χ1v) is 7.50. The quantitative estimate of drug-likeness (QED) is 0.595. The molecule has 21 heavy (non-hydrogen) atoms. The monoisotopic (exact) mass is 297 g/mol. The van der Waals surface area contributed by atoms with Crippen LogP contribution in [0.1, 0.15) is 5.56 Å². The predicted molar refractivity (Wildman–Crippen MR) is 93.0 cm³/mol. The molecule has 1 N–H and O–H groups in total. The molecule has 0 saturated carbocycles. The van der Waals surface area contributed by atoms with Gasteiger partial charge in [0.2, 0.25) is 0 Å². The molecule has 0 saturated heterocycles. The molecule has 0 amide bonds. The number of hydrogen-bond donors (Lipinski definition) is 1. The third-order valence-corrected chi connectivity index (χ3v) is 3.95. The molecule has 108 valence electrons. The third-order valence-electron chi connectivity index (χ3n) is 2.97. The number of anilines is 1. The van der Waals surface area contributed by atoms with Gasteiger partial charge in [-0.1, -0.05) is 48.7 Å². The van der Waals surface area contributed by atoms with Gasteiger partial charge >= 0.3 is 0 Å². The second-order valence-corrected chi connectivity index (χ2v) is 5.59. The molecule has 0 aliphatic rings. The lowest BCUT2D eigenvalue weighted by Gasteiger charge is -2.07.